The van der Waals surface area contributed by atoms with Gasteiger partial charge in [-0.05, 0) is 36.3 Å². The molecular weight excluding hydrogens is 314 g/mol. The van der Waals surface area contributed by atoms with E-state index >= 15 is 0 Å². The number of hydrogen-bond acceptors (Lipinski definition) is 3. The van der Waals surface area contributed by atoms with E-state index in [1.54, 1.807) is 11.1 Å². The quantitative estimate of drug-likeness (QED) is 0.862. The minimum absolute atomic E-state index is 0.0695. The van der Waals surface area contributed by atoms with Crippen LogP contribution in [0.4, 0.5) is 0 Å². The van der Waals surface area contributed by atoms with Gasteiger partial charge in [-0.25, -0.2) is 0 Å². The summed E-state index contributed by atoms with van der Waals surface area (Å²) in [5, 5.41) is 2.22. The number of carbonyl (C=O) groups excluding carboxylic acids is 2. The summed E-state index contributed by atoms with van der Waals surface area (Å²) < 4.78 is 0. The maximum Gasteiger partial charge on any atom is 0.227 e. The van der Waals surface area contributed by atoms with Gasteiger partial charge in [-0.1, -0.05) is 18.2 Å². The topological polar surface area (TPSA) is 53.5 Å². The number of rotatable bonds is 4. The van der Waals surface area contributed by atoms with Crippen molar-refractivity contribution < 1.29 is 9.59 Å². The molecule has 0 N–H and O–H groups in total. The third kappa shape index (κ3) is 3.23. The van der Waals surface area contributed by atoms with Crippen molar-refractivity contribution >= 4 is 22.6 Å². The second-order valence-corrected chi connectivity index (χ2v) is 7.22. The number of piperidine rings is 1. The third-order valence-electron chi connectivity index (χ3n) is 5.34. The molecule has 0 radical (unpaired) electrons. The highest BCUT2D eigenvalue weighted by molar-refractivity contribution is 5.86. The van der Waals surface area contributed by atoms with E-state index in [1.165, 1.54) is 0 Å². The molecule has 25 heavy (non-hydrogen) atoms. The monoisotopic (exact) mass is 337 g/mol. The van der Waals surface area contributed by atoms with E-state index in [1.807, 2.05) is 36.3 Å². The molecule has 1 aromatic carbocycles. The highest BCUT2D eigenvalue weighted by atomic mass is 16.2. The van der Waals surface area contributed by atoms with Gasteiger partial charge in [0.05, 0.1) is 5.92 Å². The number of likely N-dealkylation sites (tertiary alicyclic amines) is 1. The predicted molar refractivity (Wildman–Crippen MR) is 95.7 cm³/mol. The lowest BCUT2D eigenvalue weighted by Gasteiger charge is -2.34. The van der Waals surface area contributed by atoms with Crippen LogP contribution in [0.25, 0.3) is 10.8 Å². The first-order valence-corrected chi connectivity index (χ1v) is 8.99. The predicted octanol–water partition coefficient (Wildman–Crippen LogP) is 2.59. The molecule has 0 bridgehead atoms. The summed E-state index contributed by atoms with van der Waals surface area (Å²) in [7, 11) is 1.86. The van der Waals surface area contributed by atoms with Crippen molar-refractivity contribution in [2.24, 2.45) is 5.92 Å². The van der Waals surface area contributed by atoms with Crippen LogP contribution in [0, 0.1) is 5.92 Å². The van der Waals surface area contributed by atoms with Gasteiger partial charge in [-0.2, -0.15) is 0 Å². The average Bonchev–Trinajstić information content (AvgIpc) is 3.47. The van der Waals surface area contributed by atoms with Crippen LogP contribution in [-0.4, -0.2) is 46.2 Å². The molecule has 1 aliphatic heterocycles. The molecule has 1 saturated heterocycles. The van der Waals surface area contributed by atoms with Crippen LogP contribution < -0.4 is 0 Å². The zero-order valence-corrected chi connectivity index (χ0v) is 14.5. The smallest absolute Gasteiger partial charge is 0.227 e. The van der Waals surface area contributed by atoms with Crippen molar-refractivity contribution in [2.45, 2.75) is 38.3 Å². The Morgan fingerprint density at radius 3 is 2.92 bits per heavy atom. The second-order valence-electron chi connectivity index (χ2n) is 7.22. The molecule has 1 aliphatic carbocycles. The van der Waals surface area contributed by atoms with E-state index in [-0.39, 0.29) is 17.7 Å². The molecule has 5 nitrogen and oxygen atoms in total. The maximum absolute atomic E-state index is 12.9. The van der Waals surface area contributed by atoms with Crippen molar-refractivity contribution in [1.29, 1.82) is 0 Å². The molecular formula is C20H23N3O2. The minimum Gasteiger partial charge on any atom is -0.341 e. The second kappa shape index (κ2) is 6.47. The molecule has 0 unspecified atom stereocenters. The lowest BCUT2D eigenvalue weighted by molar-refractivity contribution is -0.143. The summed E-state index contributed by atoms with van der Waals surface area (Å²) >= 11 is 0. The van der Waals surface area contributed by atoms with Crippen molar-refractivity contribution in [3.8, 4) is 0 Å². The van der Waals surface area contributed by atoms with Gasteiger partial charge in [-0.15, -0.1) is 0 Å². The summed E-state index contributed by atoms with van der Waals surface area (Å²) in [5.41, 5.74) is 1.13. The Labute approximate surface area is 147 Å². The highest BCUT2D eigenvalue weighted by Gasteiger charge is 2.39. The molecule has 5 heteroatoms. The number of aromatic nitrogens is 1. The normalized spacial score (nSPS) is 20.8. The molecule has 1 aromatic heterocycles. The number of pyridine rings is 1. The van der Waals surface area contributed by atoms with Crippen LogP contribution in [0.2, 0.25) is 0 Å². The number of carbonyl (C=O) groups is 2. The average molecular weight is 337 g/mol. The largest absolute Gasteiger partial charge is 0.341 e. The number of hydrogen-bond donors (Lipinski definition) is 0. The minimum atomic E-state index is -0.0695. The highest BCUT2D eigenvalue weighted by Crippen LogP contribution is 2.32. The van der Waals surface area contributed by atoms with Crippen LogP contribution in [0.5, 0.6) is 0 Å². The standard InChI is InChI=1S/C20H23N3O2/c1-22(12-15-4-2-3-14-11-21-10-9-18(14)15)20(25)16-5-8-19(24)23(13-16)17-6-7-17/h2-4,9-11,16-17H,5-8,12-13H2,1H3/t16-/m1/s1. The van der Waals surface area contributed by atoms with Gasteiger partial charge >= 0.3 is 0 Å². The molecule has 0 spiro atoms. The van der Waals surface area contributed by atoms with Gasteiger partial charge in [0.15, 0.2) is 0 Å². The summed E-state index contributed by atoms with van der Waals surface area (Å²) in [6.45, 7) is 1.17. The van der Waals surface area contributed by atoms with E-state index in [0.29, 0.717) is 32.0 Å². The Kier molecular flexibility index (Phi) is 4.15. The number of amides is 2. The SMILES string of the molecule is CN(Cc1cccc2cnccc12)C(=O)[C@@H]1CCC(=O)N(C2CC2)C1. The molecule has 2 aromatic rings. The zero-order chi connectivity index (χ0) is 17.4. The van der Waals surface area contributed by atoms with E-state index in [2.05, 4.69) is 11.1 Å². The first kappa shape index (κ1) is 16.1. The fraction of sp³-hybridized carbons (Fsp3) is 0.450. The van der Waals surface area contributed by atoms with Gasteiger partial charge in [0, 0.05) is 50.4 Å². The molecule has 2 fully saturated rings. The summed E-state index contributed by atoms with van der Waals surface area (Å²) in [6, 6.07) is 8.49. The van der Waals surface area contributed by atoms with E-state index in [0.717, 1.165) is 29.2 Å². The Hall–Kier alpha value is -2.43. The van der Waals surface area contributed by atoms with Gasteiger partial charge < -0.3 is 9.80 Å². The molecule has 1 atom stereocenters. The van der Waals surface area contributed by atoms with Gasteiger partial charge in [-0.3, -0.25) is 14.6 Å². The fourth-order valence-electron chi connectivity index (χ4n) is 3.78. The fourth-order valence-corrected chi connectivity index (χ4v) is 3.78. The molecule has 130 valence electrons. The summed E-state index contributed by atoms with van der Waals surface area (Å²) in [6.07, 6.45) is 6.99. The van der Waals surface area contributed by atoms with Crippen LogP contribution in [-0.2, 0) is 16.1 Å². The molecule has 2 amide bonds. The lowest BCUT2D eigenvalue weighted by Crippen LogP contribution is -2.46. The summed E-state index contributed by atoms with van der Waals surface area (Å²) in [5.74, 6) is 0.292. The Balaban J connectivity index is 1.47. The number of nitrogens with zero attached hydrogens (tertiary/aromatic N) is 3. The van der Waals surface area contributed by atoms with Crippen molar-refractivity contribution in [2.75, 3.05) is 13.6 Å². The Morgan fingerprint density at radius 2 is 2.12 bits per heavy atom. The third-order valence-corrected chi connectivity index (χ3v) is 5.34. The van der Waals surface area contributed by atoms with Crippen LogP contribution >= 0.6 is 0 Å². The van der Waals surface area contributed by atoms with Gasteiger partial charge in [0.25, 0.3) is 0 Å². The molecule has 4 rings (SSSR count). The van der Waals surface area contributed by atoms with E-state index in [9.17, 15) is 9.59 Å². The molecule has 2 heterocycles. The molecule has 1 saturated carbocycles. The van der Waals surface area contributed by atoms with Gasteiger partial charge in [0.2, 0.25) is 11.8 Å². The first-order chi connectivity index (χ1) is 12.1. The van der Waals surface area contributed by atoms with Crippen LogP contribution in [0.15, 0.2) is 36.7 Å². The summed E-state index contributed by atoms with van der Waals surface area (Å²) in [4.78, 5) is 32.9. The van der Waals surface area contributed by atoms with Crippen LogP contribution in [0.1, 0.15) is 31.2 Å². The number of benzene rings is 1. The Morgan fingerprint density at radius 1 is 1.28 bits per heavy atom. The number of fused-ring (bicyclic) bond motifs is 1. The van der Waals surface area contributed by atoms with Crippen molar-refractivity contribution in [3.63, 3.8) is 0 Å². The maximum atomic E-state index is 12.9. The zero-order valence-electron chi connectivity index (χ0n) is 14.5. The first-order valence-electron chi connectivity index (χ1n) is 8.99. The van der Waals surface area contributed by atoms with E-state index in [4.69, 9.17) is 0 Å². The Bertz CT molecular complexity index is 810. The van der Waals surface area contributed by atoms with Crippen LogP contribution in [0.3, 0.4) is 0 Å². The van der Waals surface area contributed by atoms with E-state index < -0.39 is 0 Å². The molecule has 2 aliphatic rings. The van der Waals surface area contributed by atoms with Crippen molar-refractivity contribution in [1.82, 2.24) is 14.8 Å². The lowest BCUT2D eigenvalue weighted by atomic mass is 9.95. The van der Waals surface area contributed by atoms with Crippen molar-refractivity contribution in [3.05, 3.63) is 42.2 Å². The van der Waals surface area contributed by atoms with Gasteiger partial charge in [0.1, 0.15) is 0 Å².